The van der Waals surface area contributed by atoms with Crippen LogP contribution in [0.1, 0.15) is 0 Å². The summed E-state index contributed by atoms with van der Waals surface area (Å²) in [5, 5.41) is 7.66. The van der Waals surface area contributed by atoms with Crippen LogP contribution in [0, 0.1) is 0 Å². The first kappa shape index (κ1) is 29.9. The molecule has 2 aromatic heterocycles. The Morgan fingerprint density at radius 2 is 0.865 bits per heavy atom. The van der Waals surface area contributed by atoms with Gasteiger partial charge < -0.3 is 0 Å². The summed E-state index contributed by atoms with van der Waals surface area (Å²) < 4.78 is 0. The summed E-state index contributed by atoms with van der Waals surface area (Å²) in [6.07, 6.45) is 3.68. The summed E-state index contributed by atoms with van der Waals surface area (Å²) in [5.74, 6) is 0.691. The second kappa shape index (κ2) is 12.4. The van der Waals surface area contributed by atoms with E-state index < -0.39 is 0 Å². The first-order valence-electron chi connectivity index (χ1n) is 17.6. The molecular formula is C49H31N3. The number of pyridine rings is 1. The lowest BCUT2D eigenvalue weighted by atomic mass is 9.87. The van der Waals surface area contributed by atoms with Gasteiger partial charge in [0.25, 0.3) is 0 Å². The molecule has 0 spiro atoms. The second-order valence-corrected chi connectivity index (χ2v) is 13.2. The quantitative estimate of drug-likeness (QED) is 0.166. The molecule has 0 amide bonds. The topological polar surface area (TPSA) is 38.7 Å². The van der Waals surface area contributed by atoms with Crippen molar-refractivity contribution in [2.45, 2.75) is 0 Å². The fourth-order valence-electron chi connectivity index (χ4n) is 7.59. The van der Waals surface area contributed by atoms with Crippen LogP contribution in [0.3, 0.4) is 0 Å². The molecule has 3 heteroatoms. The van der Waals surface area contributed by atoms with E-state index >= 15 is 0 Å². The van der Waals surface area contributed by atoms with Gasteiger partial charge in [0.05, 0.1) is 11.4 Å². The van der Waals surface area contributed by atoms with Crippen molar-refractivity contribution in [3.05, 3.63) is 188 Å². The Balaban J connectivity index is 1.11. The standard InChI is InChI=1S/C49H31N3/c1-3-9-33(10-4-1)41-24-20-35-23-27-44-42(25-21-36-22-26-43(41)47(35)48(36)44)38-13-7-14-39(29-38)46-30-45(34-11-5-2-6-12-34)51-49(52-46)37-18-16-32(17-19-37)40-15-8-28-50-31-40/h1-31H. The molecule has 0 saturated carbocycles. The van der Waals surface area contributed by atoms with E-state index in [0.717, 1.165) is 44.8 Å². The van der Waals surface area contributed by atoms with Crippen molar-refractivity contribution in [3.8, 4) is 67.3 Å². The maximum atomic E-state index is 5.18. The van der Waals surface area contributed by atoms with Gasteiger partial charge in [-0.1, -0.05) is 158 Å². The average Bonchev–Trinajstić information content (AvgIpc) is 3.23. The predicted molar refractivity (Wildman–Crippen MR) is 216 cm³/mol. The Labute approximate surface area is 301 Å². The predicted octanol–water partition coefficient (Wildman–Crippen LogP) is 12.8. The van der Waals surface area contributed by atoms with Gasteiger partial charge in [-0.2, -0.15) is 0 Å². The summed E-state index contributed by atoms with van der Waals surface area (Å²) >= 11 is 0. The van der Waals surface area contributed by atoms with E-state index in [1.54, 1.807) is 6.20 Å². The van der Waals surface area contributed by atoms with Crippen molar-refractivity contribution in [3.63, 3.8) is 0 Å². The molecule has 10 aromatic rings. The fourth-order valence-corrected chi connectivity index (χ4v) is 7.59. The minimum atomic E-state index is 0.691. The molecule has 10 rings (SSSR count). The maximum absolute atomic E-state index is 5.18. The van der Waals surface area contributed by atoms with E-state index in [4.69, 9.17) is 9.97 Å². The molecule has 0 aliphatic heterocycles. The lowest BCUT2D eigenvalue weighted by Gasteiger charge is -2.17. The van der Waals surface area contributed by atoms with Gasteiger partial charge in [0.2, 0.25) is 0 Å². The smallest absolute Gasteiger partial charge is 0.160 e. The number of hydrogen-bond acceptors (Lipinski definition) is 3. The third-order valence-corrected chi connectivity index (χ3v) is 10.2. The Kier molecular flexibility index (Phi) is 7.14. The van der Waals surface area contributed by atoms with Gasteiger partial charge in [-0.3, -0.25) is 4.98 Å². The highest BCUT2D eigenvalue weighted by molar-refractivity contribution is 6.27. The maximum Gasteiger partial charge on any atom is 0.160 e. The van der Waals surface area contributed by atoms with Crippen LogP contribution < -0.4 is 0 Å². The van der Waals surface area contributed by atoms with Crippen LogP contribution in [0.5, 0.6) is 0 Å². The van der Waals surface area contributed by atoms with Crippen LogP contribution in [-0.2, 0) is 0 Å². The highest BCUT2D eigenvalue weighted by Gasteiger charge is 2.16. The SMILES string of the molecule is c1ccc(-c2cc(-c3cccc(-c4ccc5ccc6c(-c7ccccc7)ccc7ccc4c5c76)c3)nc(-c3ccc(-c4cccnc4)cc3)n2)cc1. The van der Waals surface area contributed by atoms with E-state index in [2.05, 4.69) is 169 Å². The summed E-state index contributed by atoms with van der Waals surface area (Å²) in [7, 11) is 0. The molecule has 0 aliphatic rings. The third kappa shape index (κ3) is 5.19. The molecule has 2 heterocycles. The van der Waals surface area contributed by atoms with E-state index in [-0.39, 0.29) is 0 Å². The van der Waals surface area contributed by atoms with Crippen molar-refractivity contribution < 1.29 is 0 Å². The van der Waals surface area contributed by atoms with Crippen molar-refractivity contribution in [2.75, 3.05) is 0 Å². The largest absolute Gasteiger partial charge is 0.264 e. The molecule has 0 atom stereocenters. The van der Waals surface area contributed by atoms with E-state index in [1.807, 2.05) is 18.3 Å². The molecule has 0 unspecified atom stereocenters. The first-order chi connectivity index (χ1) is 25.8. The zero-order valence-corrected chi connectivity index (χ0v) is 28.2. The molecule has 0 radical (unpaired) electrons. The van der Waals surface area contributed by atoms with E-state index in [0.29, 0.717) is 5.82 Å². The minimum Gasteiger partial charge on any atom is -0.264 e. The molecule has 3 nitrogen and oxygen atoms in total. The van der Waals surface area contributed by atoms with Gasteiger partial charge >= 0.3 is 0 Å². The first-order valence-corrected chi connectivity index (χ1v) is 17.6. The number of rotatable bonds is 6. The highest BCUT2D eigenvalue weighted by Crippen LogP contribution is 2.43. The highest BCUT2D eigenvalue weighted by atomic mass is 14.9. The summed E-state index contributed by atoms with van der Waals surface area (Å²) in [6.45, 7) is 0. The van der Waals surface area contributed by atoms with Crippen LogP contribution in [0.15, 0.2) is 188 Å². The second-order valence-electron chi connectivity index (χ2n) is 13.2. The lowest BCUT2D eigenvalue weighted by Crippen LogP contribution is -1.96. The van der Waals surface area contributed by atoms with Gasteiger partial charge in [0.15, 0.2) is 5.82 Å². The number of benzene rings is 8. The van der Waals surface area contributed by atoms with Crippen molar-refractivity contribution in [2.24, 2.45) is 0 Å². The van der Waals surface area contributed by atoms with Gasteiger partial charge in [-0.05, 0) is 83.9 Å². The Hall–Kier alpha value is -6.97. The molecule has 242 valence electrons. The van der Waals surface area contributed by atoms with Crippen LogP contribution in [0.25, 0.3) is 99.6 Å². The van der Waals surface area contributed by atoms with Crippen LogP contribution >= 0.6 is 0 Å². The van der Waals surface area contributed by atoms with Crippen LogP contribution in [0.4, 0.5) is 0 Å². The summed E-state index contributed by atoms with van der Waals surface area (Å²) in [6, 6.07) is 62.6. The van der Waals surface area contributed by atoms with Gasteiger partial charge in [-0.25, -0.2) is 9.97 Å². The number of aromatic nitrogens is 3. The number of nitrogens with zero attached hydrogens (tertiary/aromatic N) is 3. The molecule has 8 aromatic carbocycles. The molecule has 0 saturated heterocycles. The Morgan fingerprint density at radius 3 is 1.52 bits per heavy atom. The number of hydrogen-bond donors (Lipinski definition) is 0. The Bertz CT molecular complexity index is 2870. The molecular weight excluding hydrogens is 631 g/mol. The molecule has 52 heavy (non-hydrogen) atoms. The monoisotopic (exact) mass is 661 g/mol. The van der Waals surface area contributed by atoms with Crippen LogP contribution in [0.2, 0.25) is 0 Å². The lowest BCUT2D eigenvalue weighted by molar-refractivity contribution is 1.18. The van der Waals surface area contributed by atoms with Crippen molar-refractivity contribution >= 4 is 32.3 Å². The normalized spacial score (nSPS) is 11.5. The van der Waals surface area contributed by atoms with E-state index in [9.17, 15) is 0 Å². The van der Waals surface area contributed by atoms with Crippen molar-refractivity contribution in [1.82, 2.24) is 15.0 Å². The van der Waals surface area contributed by atoms with Gasteiger partial charge in [0.1, 0.15) is 0 Å². The third-order valence-electron chi connectivity index (χ3n) is 10.2. The molecule has 0 N–H and O–H groups in total. The molecule has 0 aliphatic carbocycles. The van der Waals surface area contributed by atoms with Gasteiger partial charge in [-0.15, -0.1) is 0 Å². The zero-order valence-electron chi connectivity index (χ0n) is 28.2. The van der Waals surface area contributed by atoms with Crippen LogP contribution in [-0.4, -0.2) is 15.0 Å². The average molecular weight is 662 g/mol. The van der Waals surface area contributed by atoms with Gasteiger partial charge in [0, 0.05) is 29.1 Å². The zero-order chi connectivity index (χ0) is 34.4. The minimum absolute atomic E-state index is 0.691. The Morgan fingerprint density at radius 1 is 0.327 bits per heavy atom. The summed E-state index contributed by atoms with van der Waals surface area (Å²) in [5.41, 5.74) is 11.9. The fraction of sp³-hybridized carbons (Fsp3) is 0. The van der Waals surface area contributed by atoms with Crippen molar-refractivity contribution in [1.29, 1.82) is 0 Å². The van der Waals surface area contributed by atoms with E-state index in [1.165, 1.54) is 49.0 Å². The summed E-state index contributed by atoms with van der Waals surface area (Å²) in [4.78, 5) is 14.5. The molecule has 0 fully saturated rings. The molecule has 0 bridgehead atoms.